The van der Waals surface area contributed by atoms with Crippen molar-refractivity contribution in [3.8, 4) is 5.75 Å². The summed E-state index contributed by atoms with van der Waals surface area (Å²) in [6.45, 7) is 8.50. The maximum absolute atomic E-state index is 11.8. The van der Waals surface area contributed by atoms with E-state index in [9.17, 15) is 4.79 Å². The van der Waals surface area contributed by atoms with Gasteiger partial charge in [-0.2, -0.15) is 4.98 Å². The van der Waals surface area contributed by atoms with Gasteiger partial charge in [-0.1, -0.05) is 23.4 Å². The highest BCUT2D eigenvalue weighted by atomic mass is 16.5. The van der Waals surface area contributed by atoms with E-state index < -0.39 is 0 Å². The molecule has 0 aliphatic carbocycles. The summed E-state index contributed by atoms with van der Waals surface area (Å²) in [4.78, 5) is 15.9. The summed E-state index contributed by atoms with van der Waals surface area (Å²) >= 11 is 0. The van der Waals surface area contributed by atoms with E-state index in [0.29, 0.717) is 31.3 Å². The number of hydrogen-bond acceptors (Lipinski definition) is 5. The minimum Gasteiger partial charge on any atom is -0.491 e. The van der Waals surface area contributed by atoms with Crippen LogP contribution in [-0.2, 0) is 6.42 Å². The molecule has 0 saturated carbocycles. The number of aromatic nitrogens is 2. The summed E-state index contributed by atoms with van der Waals surface area (Å²) in [5.41, 5.74) is 2.17. The van der Waals surface area contributed by atoms with Crippen molar-refractivity contribution in [1.82, 2.24) is 20.8 Å². The SMILES string of the molecule is Cc1noc(CCNC(=O)N[C@H](C)COc2c(C)cccc2C)n1. The Kier molecular flexibility index (Phi) is 6.17. The van der Waals surface area contributed by atoms with Crippen molar-refractivity contribution < 1.29 is 14.1 Å². The highest BCUT2D eigenvalue weighted by molar-refractivity contribution is 5.74. The van der Waals surface area contributed by atoms with Gasteiger partial charge in [0.25, 0.3) is 0 Å². The first kappa shape index (κ1) is 17.8. The molecular formula is C17H24N4O3. The van der Waals surface area contributed by atoms with E-state index in [2.05, 4.69) is 20.8 Å². The van der Waals surface area contributed by atoms with E-state index in [4.69, 9.17) is 9.26 Å². The molecule has 1 aromatic carbocycles. The molecule has 1 aromatic heterocycles. The maximum atomic E-state index is 11.8. The Morgan fingerprint density at radius 1 is 1.29 bits per heavy atom. The highest BCUT2D eigenvalue weighted by Crippen LogP contribution is 2.22. The van der Waals surface area contributed by atoms with Gasteiger partial charge < -0.3 is 19.9 Å². The van der Waals surface area contributed by atoms with Crippen molar-refractivity contribution >= 4 is 6.03 Å². The van der Waals surface area contributed by atoms with E-state index in [1.807, 2.05) is 39.0 Å². The number of benzene rings is 1. The monoisotopic (exact) mass is 332 g/mol. The lowest BCUT2D eigenvalue weighted by Crippen LogP contribution is -2.43. The summed E-state index contributed by atoms with van der Waals surface area (Å²) in [6, 6.07) is 5.65. The fraction of sp³-hybridized carbons (Fsp3) is 0.471. The van der Waals surface area contributed by atoms with Crippen LogP contribution in [0.3, 0.4) is 0 Å². The number of ether oxygens (including phenoxy) is 1. The lowest BCUT2D eigenvalue weighted by Gasteiger charge is -2.17. The van der Waals surface area contributed by atoms with Gasteiger partial charge in [0.15, 0.2) is 5.82 Å². The molecule has 2 rings (SSSR count). The highest BCUT2D eigenvalue weighted by Gasteiger charge is 2.10. The number of para-hydroxylation sites is 1. The van der Waals surface area contributed by atoms with Crippen molar-refractivity contribution in [3.05, 3.63) is 41.0 Å². The van der Waals surface area contributed by atoms with Crippen LogP contribution in [0.5, 0.6) is 5.75 Å². The zero-order chi connectivity index (χ0) is 17.5. The minimum absolute atomic E-state index is 0.116. The molecule has 7 heteroatoms. The Labute approximate surface area is 141 Å². The third-order valence-corrected chi connectivity index (χ3v) is 3.46. The van der Waals surface area contributed by atoms with E-state index in [0.717, 1.165) is 16.9 Å². The number of carbonyl (C=O) groups excluding carboxylic acids is 1. The van der Waals surface area contributed by atoms with Gasteiger partial charge in [0.05, 0.1) is 6.04 Å². The Morgan fingerprint density at radius 2 is 2.00 bits per heavy atom. The number of carbonyl (C=O) groups is 1. The zero-order valence-electron chi connectivity index (χ0n) is 14.5. The van der Waals surface area contributed by atoms with E-state index in [1.54, 1.807) is 6.92 Å². The predicted molar refractivity (Wildman–Crippen MR) is 90.1 cm³/mol. The molecule has 0 spiro atoms. The average Bonchev–Trinajstić information content (AvgIpc) is 2.92. The number of urea groups is 1. The summed E-state index contributed by atoms with van der Waals surface area (Å²) < 4.78 is 10.8. The number of nitrogens with one attached hydrogen (secondary N) is 2. The Hall–Kier alpha value is -2.57. The summed E-state index contributed by atoms with van der Waals surface area (Å²) in [7, 11) is 0. The number of hydrogen-bond donors (Lipinski definition) is 2. The van der Waals surface area contributed by atoms with Crippen LogP contribution in [-0.4, -0.2) is 35.4 Å². The Bertz CT molecular complexity index is 664. The van der Waals surface area contributed by atoms with E-state index >= 15 is 0 Å². The van der Waals surface area contributed by atoms with Crippen LogP contribution < -0.4 is 15.4 Å². The molecule has 0 saturated heterocycles. The first-order valence-electron chi connectivity index (χ1n) is 7.98. The summed E-state index contributed by atoms with van der Waals surface area (Å²) in [6.07, 6.45) is 0.502. The molecule has 0 bridgehead atoms. The normalized spacial score (nSPS) is 11.8. The van der Waals surface area contributed by atoms with E-state index in [-0.39, 0.29) is 12.1 Å². The fourth-order valence-electron chi connectivity index (χ4n) is 2.28. The van der Waals surface area contributed by atoms with Crippen LogP contribution in [0.25, 0.3) is 0 Å². The van der Waals surface area contributed by atoms with Crippen LogP contribution in [0.2, 0.25) is 0 Å². The molecule has 24 heavy (non-hydrogen) atoms. The molecule has 1 heterocycles. The van der Waals surface area contributed by atoms with Gasteiger partial charge in [-0.15, -0.1) is 0 Å². The zero-order valence-corrected chi connectivity index (χ0v) is 14.5. The van der Waals surface area contributed by atoms with Crippen molar-refractivity contribution in [1.29, 1.82) is 0 Å². The van der Waals surface area contributed by atoms with Crippen LogP contribution in [0.15, 0.2) is 22.7 Å². The van der Waals surface area contributed by atoms with Crippen molar-refractivity contribution in [2.75, 3.05) is 13.2 Å². The van der Waals surface area contributed by atoms with Gasteiger partial charge in [-0.25, -0.2) is 4.79 Å². The molecule has 0 aliphatic heterocycles. The largest absolute Gasteiger partial charge is 0.491 e. The van der Waals surface area contributed by atoms with Crippen molar-refractivity contribution in [2.45, 2.75) is 40.2 Å². The third-order valence-electron chi connectivity index (χ3n) is 3.46. The van der Waals surface area contributed by atoms with Gasteiger partial charge in [0.1, 0.15) is 12.4 Å². The lowest BCUT2D eigenvalue weighted by atomic mass is 10.1. The summed E-state index contributed by atoms with van der Waals surface area (Å²) in [5, 5.41) is 9.30. The van der Waals surface area contributed by atoms with Gasteiger partial charge in [0, 0.05) is 13.0 Å². The average molecular weight is 332 g/mol. The quantitative estimate of drug-likeness (QED) is 0.812. The molecule has 130 valence electrons. The maximum Gasteiger partial charge on any atom is 0.315 e. The second-order valence-electron chi connectivity index (χ2n) is 5.82. The van der Waals surface area contributed by atoms with Crippen LogP contribution in [0.1, 0.15) is 29.8 Å². The van der Waals surface area contributed by atoms with Crippen LogP contribution in [0.4, 0.5) is 4.79 Å². The molecule has 7 nitrogen and oxygen atoms in total. The molecule has 2 amide bonds. The second-order valence-corrected chi connectivity index (χ2v) is 5.82. The molecular weight excluding hydrogens is 308 g/mol. The van der Waals surface area contributed by atoms with Gasteiger partial charge in [-0.05, 0) is 38.8 Å². The standard InChI is InChI=1S/C17H24N4O3/c1-11-6-5-7-12(2)16(11)23-10-13(3)19-17(22)18-9-8-15-20-14(4)21-24-15/h5-7,13H,8-10H2,1-4H3,(H2,18,19,22)/t13-/m1/s1. The Balaban J connectivity index is 1.69. The smallest absolute Gasteiger partial charge is 0.315 e. The van der Waals surface area contributed by atoms with Crippen LogP contribution in [0, 0.1) is 20.8 Å². The van der Waals surface area contributed by atoms with Gasteiger partial charge >= 0.3 is 6.03 Å². The lowest BCUT2D eigenvalue weighted by molar-refractivity contribution is 0.226. The summed E-state index contributed by atoms with van der Waals surface area (Å²) in [5.74, 6) is 1.98. The van der Waals surface area contributed by atoms with Gasteiger partial charge in [-0.3, -0.25) is 0 Å². The first-order valence-corrected chi connectivity index (χ1v) is 7.98. The van der Waals surface area contributed by atoms with Crippen molar-refractivity contribution in [2.24, 2.45) is 0 Å². The molecule has 0 aliphatic rings. The fourth-order valence-corrected chi connectivity index (χ4v) is 2.28. The molecule has 1 atom stereocenters. The molecule has 0 fully saturated rings. The number of nitrogens with zero attached hydrogens (tertiary/aromatic N) is 2. The molecule has 2 N–H and O–H groups in total. The van der Waals surface area contributed by atoms with Crippen LogP contribution >= 0.6 is 0 Å². The number of aryl methyl sites for hydroxylation is 3. The predicted octanol–water partition coefficient (Wildman–Crippen LogP) is 2.30. The number of rotatable bonds is 7. The first-order chi connectivity index (χ1) is 11.5. The van der Waals surface area contributed by atoms with Crippen molar-refractivity contribution in [3.63, 3.8) is 0 Å². The Morgan fingerprint density at radius 3 is 2.62 bits per heavy atom. The molecule has 0 radical (unpaired) electrons. The topological polar surface area (TPSA) is 89.3 Å². The van der Waals surface area contributed by atoms with E-state index in [1.165, 1.54) is 0 Å². The second kappa shape index (κ2) is 8.33. The van der Waals surface area contributed by atoms with Gasteiger partial charge in [0.2, 0.25) is 5.89 Å². The molecule has 0 unspecified atom stereocenters. The third kappa shape index (κ3) is 5.26. The minimum atomic E-state index is -0.246. The molecule has 2 aromatic rings. The number of amides is 2.